The Hall–Kier alpha value is -3.97. The van der Waals surface area contributed by atoms with Crippen LogP contribution in [0, 0.1) is 0 Å². The van der Waals surface area contributed by atoms with Crippen molar-refractivity contribution < 1.29 is 25.2 Å². The monoisotopic (exact) mass is 444 g/mol. The molecule has 0 fully saturated rings. The molecule has 0 saturated carbocycles. The second-order valence-electron chi connectivity index (χ2n) is 8.07. The van der Waals surface area contributed by atoms with Gasteiger partial charge in [0.05, 0.1) is 12.1 Å². The summed E-state index contributed by atoms with van der Waals surface area (Å²) >= 11 is 0. The first-order chi connectivity index (χ1) is 16.0. The lowest BCUT2D eigenvalue weighted by atomic mass is 9.94. The molecule has 1 heterocycles. The number of benzene rings is 3. The van der Waals surface area contributed by atoms with E-state index in [2.05, 4.69) is 11.1 Å². The summed E-state index contributed by atoms with van der Waals surface area (Å²) in [6.07, 6.45) is 1.04. The van der Waals surface area contributed by atoms with E-state index in [0.717, 1.165) is 16.7 Å². The van der Waals surface area contributed by atoms with E-state index < -0.39 is 12.0 Å². The second kappa shape index (κ2) is 9.67. The van der Waals surface area contributed by atoms with Gasteiger partial charge >= 0.3 is 5.97 Å². The molecule has 0 aliphatic carbocycles. The lowest BCUT2D eigenvalue weighted by molar-refractivity contribution is -0.386. The Morgan fingerprint density at radius 3 is 2.39 bits per heavy atom. The number of nitrogens with zero attached hydrogens (tertiary/aromatic N) is 1. The van der Waals surface area contributed by atoms with Crippen molar-refractivity contribution in [3.8, 4) is 0 Å². The van der Waals surface area contributed by atoms with Crippen LogP contribution in [0.15, 0.2) is 72.8 Å². The molecule has 3 aromatic carbocycles. The van der Waals surface area contributed by atoms with Crippen LogP contribution in [0.2, 0.25) is 0 Å². The summed E-state index contributed by atoms with van der Waals surface area (Å²) in [7, 11) is 0. The zero-order valence-electron chi connectivity index (χ0n) is 18.2. The Balaban J connectivity index is 1.61. The van der Waals surface area contributed by atoms with Crippen molar-refractivity contribution in [2.75, 3.05) is 11.9 Å². The molecule has 7 nitrogen and oxygen atoms in total. The number of carboxylic acids is 1. The van der Waals surface area contributed by atoms with Crippen LogP contribution in [0.25, 0.3) is 0 Å². The van der Waals surface area contributed by atoms with Gasteiger partial charge in [-0.1, -0.05) is 36.4 Å². The van der Waals surface area contributed by atoms with E-state index >= 15 is 0 Å². The SMILES string of the molecule is [NH3+]Cc1ccc2c(c1)CCN([C@@H](Cc1ccccc1)C(=O)Nc1ccc(C(=O)O)cc1)C2=O. The molecule has 4 rings (SSSR count). The first kappa shape index (κ1) is 22.2. The second-order valence-corrected chi connectivity index (χ2v) is 8.07. The van der Waals surface area contributed by atoms with E-state index in [4.69, 9.17) is 5.11 Å². The van der Waals surface area contributed by atoms with E-state index in [9.17, 15) is 14.4 Å². The van der Waals surface area contributed by atoms with Gasteiger partial charge in [0.2, 0.25) is 5.91 Å². The lowest BCUT2D eigenvalue weighted by Crippen LogP contribution is -2.51. The molecule has 7 heteroatoms. The van der Waals surface area contributed by atoms with Gasteiger partial charge in [0, 0.05) is 29.8 Å². The van der Waals surface area contributed by atoms with Gasteiger partial charge in [-0.25, -0.2) is 4.79 Å². The fraction of sp³-hybridized carbons (Fsp3) is 0.192. The Labute approximate surface area is 191 Å². The highest BCUT2D eigenvalue weighted by molar-refractivity contribution is 6.02. The van der Waals surface area contributed by atoms with Crippen molar-refractivity contribution in [1.29, 1.82) is 0 Å². The molecule has 5 N–H and O–H groups in total. The molecular weight excluding hydrogens is 418 g/mol. The number of anilines is 1. The van der Waals surface area contributed by atoms with Crippen LogP contribution in [0.3, 0.4) is 0 Å². The number of carboxylic acid groups (broad SMARTS) is 1. The van der Waals surface area contributed by atoms with Gasteiger partial charge < -0.3 is 21.1 Å². The van der Waals surface area contributed by atoms with Crippen molar-refractivity contribution in [2.24, 2.45) is 0 Å². The third kappa shape index (κ3) is 4.94. The number of nitrogens with one attached hydrogen (secondary N) is 1. The molecule has 0 unspecified atom stereocenters. The molecule has 33 heavy (non-hydrogen) atoms. The molecule has 168 valence electrons. The van der Waals surface area contributed by atoms with Gasteiger partial charge in [-0.3, -0.25) is 9.59 Å². The summed E-state index contributed by atoms with van der Waals surface area (Å²) in [5.74, 6) is -1.51. The van der Waals surface area contributed by atoms with E-state index in [1.54, 1.807) is 17.0 Å². The summed E-state index contributed by atoms with van der Waals surface area (Å²) in [5, 5.41) is 11.9. The van der Waals surface area contributed by atoms with Crippen LogP contribution in [0.4, 0.5) is 5.69 Å². The van der Waals surface area contributed by atoms with Crippen LogP contribution in [-0.2, 0) is 24.2 Å². The summed E-state index contributed by atoms with van der Waals surface area (Å²) in [5.41, 5.74) is 8.17. The number of carbonyl (C=O) groups is 3. The summed E-state index contributed by atoms with van der Waals surface area (Å²) < 4.78 is 0. The van der Waals surface area contributed by atoms with Crippen LogP contribution < -0.4 is 11.1 Å². The first-order valence-electron chi connectivity index (χ1n) is 10.9. The quantitative estimate of drug-likeness (QED) is 0.519. The van der Waals surface area contributed by atoms with Crippen LogP contribution in [0.5, 0.6) is 0 Å². The molecule has 1 aliphatic rings. The van der Waals surface area contributed by atoms with Gasteiger partial charge in [-0.15, -0.1) is 0 Å². The summed E-state index contributed by atoms with van der Waals surface area (Å²) in [6.45, 7) is 1.10. The number of aromatic carboxylic acids is 1. The number of fused-ring (bicyclic) bond motifs is 1. The molecule has 0 spiro atoms. The highest BCUT2D eigenvalue weighted by Gasteiger charge is 2.34. The van der Waals surface area contributed by atoms with Crippen LogP contribution in [-0.4, -0.2) is 40.4 Å². The summed E-state index contributed by atoms with van der Waals surface area (Å²) in [6, 6.07) is 20.6. The molecule has 0 bridgehead atoms. The first-order valence-corrected chi connectivity index (χ1v) is 10.9. The lowest BCUT2D eigenvalue weighted by Gasteiger charge is -2.35. The fourth-order valence-electron chi connectivity index (χ4n) is 4.12. The van der Waals surface area contributed by atoms with Gasteiger partial charge in [-0.2, -0.15) is 0 Å². The third-order valence-corrected chi connectivity index (χ3v) is 5.92. The fourth-order valence-corrected chi connectivity index (χ4v) is 4.12. The van der Waals surface area contributed by atoms with E-state index in [0.29, 0.717) is 37.2 Å². The third-order valence-electron chi connectivity index (χ3n) is 5.92. The maximum atomic E-state index is 13.4. The molecule has 0 saturated heterocycles. The van der Waals surface area contributed by atoms with Crippen molar-refractivity contribution in [2.45, 2.75) is 25.4 Å². The number of rotatable bonds is 7. The van der Waals surface area contributed by atoms with Crippen LogP contribution >= 0.6 is 0 Å². The van der Waals surface area contributed by atoms with E-state index in [1.807, 2.05) is 48.5 Å². The topological polar surface area (TPSA) is 114 Å². The molecule has 1 atom stereocenters. The molecule has 0 radical (unpaired) electrons. The molecule has 0 aromatic heterocycles. The van der Waals surface area contributed by atoms with Gasteiger partial charge in [0.1, 0.15) is 6.04 Å². The van der Waals surface area contributed by atoms with E-state index in [-0.39, 0.29) is 17.4 Å². The zero-order chi connectivity index (χ0) is 23.4. The Morgan fingerprint density at radius 1 is 1.00 bits per heavy atom. The number of hydrogen-bond donors (Lipinski definition) is 3. The van der Waals surface area contributed by atoms with Crippen molar-refractivity contribution in [1.82, 2.24) is 4.90 Å². The number of amides is 2. The smallest absolute Gasteiger partial charge is 0.335 e. The van der Waals surface area contributed by atoms with Crippen LogP contribution in [0.1, 0.15) is 37.4 Å². The average Bonchev–Trinajstić information content (AvgIpc) is 2.84. The maximum Gasteiger partial charge on any atom is 0.335 e. The largest absolute Gasteiger partial charge is 0.478 e. The minimum Gasteiger partial charge on any atom is -0.478 e. The predicted molar refractivity (Wildman–Crippen MR) is 124 cm³/mol. The minimum atomic E-state index is -1.03. The Kier molecular flexibility index (Phi) is 6.51. The normalized spacial score (nSPS) is 13.8. The Bertz CT molecular complexity index is 1180. The zero-order valence-corrected chi connectivity index (χ0v) is 18.2. The van der Waals surface area contributed by atoms with Gasteiger partial charge in [-0.05, 0) is 53.9 Å². The van der Waals surface area contributed by atoms with Crippen molar-refractivity contribution >= 4 is 23.5 Å². The average molecular weight is 445 g/mol. The standard InChI is InChI=1S/C26H25N3O4/c27-16-18-6-11-22-20(14-18)12-13-29(25(22)31)23(15-17-4-2-1-3-5-17)24(30)28-21-9-7-19(8-10-21)26(32)33/h1-11,14,23H,12-13,15-16,27H2,(H,28,30)(H,32,33)/p+1/t23-/m0/s1. The van der Waals surface area contributed by atoms with Gasteiger partial charge in [0.25, 0.3) is 5.91 Å². The molecule has 3 aromatic rings. The highest BCUT2D eigenvalue weighted by Crippen LogP contribution is 2.24. The number of quaternary nitrogens is 1. The highest BCUT2D eigenvalue weighted by atomic mass is 16.4. The maximum absolute atomic E-state index is 13.4. The molecular formula is C26H26N3O4+. The van der Waals surface area contributed by atoms with Crippen molar-refractivity contribution in [3.05, 3.63) is 101 Å². The van der Waals surface area contributed by atoms with Gasteiger partial charge in [0.15, 0.2) is 0 Å². The van der Waals surface area contributed by atoms with E-state index in [1.165, 1.54) is 12.1 Å². The molecule has 1 aliphatic heterocycles. The summed E-state index contributed by atoms with van der Waals surface area (Å²) in [4.78, 5) is 39.5. The Morgan fingerprint density at radius 2 is 1.73 bits per heavy atom. The number of carbonyl (C=O) groups excluding carboxylic acids is 2. The minimum absolute atomic E-state index is 0.137. The molecule has 2 amide bonds. The number of hydrogen-bond acceptors (Lipinski definition) is 3. The predicted octanol–water partition coefficient (Wildman–Crippen LogP) is 2.37. The van der Waals surface area contributed by atoms with Crippen molar-refractivity contribution in [3.63, 3.8) is 0 Å².